The first kappa shape index (κ1) is 19.2. The molecule has 0 bridgehead atoms. The molecule has 0 radical (unpaired) electrons. The summed E-state index contributed by atoms with van der Waals surface area (Å²) in [5.41, 5.74) is 3.07. The van der Waals surface area contributed by atoms with Crippen LogP contribution in [0.15, 0.2) is 72.2 Å². The lowest BCUT2D eigenvalue weighted by atomic mass is 9.76. The summed E-state index contributed by atoms with van der Waals surface area (Å²) in [6.07, 6.45) is 8.71. The molecule has 0 unspecified atom stereocenters. The van der Waals surface area contributed by atoms with Crippen molar-refractivity contribution in [2.75, 3.05) is 13.2 Å². The van der Waals surface area contributed by atoms with Crippen LogP contribution in [0, 0.1) is 5.41 Å². The van der Waals surface area contributed by atoms with Gasteiger partial charge in [-0.15, -0.1) is 0 Å². The number of rotatable bonds is 4. The van der Waals surface area contributed by atoms with E-state index in [0.717, 1.165) is 22.3 Å². The number of aliphatic hydroxyl groups is 4. The molecule has 2 aliphatic rings. The van der Waals surface area contributed by atoms with Crippen LogP contribution in [0.4, 0.5) is 0 Å². The molecule has 29 heavy (non-hydrogen) atoms. The van der Waals surface area contributed by atoms with E-state index in [0.29, 0.717) is 24.0 Å². The Balaban J connectivity index is 1.92. The van der Waals surface area contributed by atoms with Gasteiger partial charge in [0.2, 0.25) is 0 Å². The van der Waals surface area contributed by atoms with Gasteiger partial charge in [0.1, 0.15) is 16.9 Å². The number of fused-ring (bicyclic) bond motifs is 2. The third-order valence-corrected chi connectivity index (χ3v) is 5.83. The zero-order chi connectivity index (χ0) is 20.4. The molecule has 2 aliphatic carbocycles. The van der Waals surface area contributed by atoms with E-state index in [1.807, 2.05) is 72.8 Å². The van der Waals surface area contributed by atoms with Crippen LogP contribution in [0.3, 0.4) is 0 Å². The fraction of sp³-hybridized carbons (Fsp3) is 0.200. The van der Waals surface area contributed by atoms with Crippen LogP contribution in [-0.4, -0.2) is 33.6 Å². The number of benzene rings is 2. The molecule has 4 N–H and O–H groups in total. The van der Waals surface area contributed by atoms with E-state index in [9.17, 15) is 20.4 Å². The van der Waals surface area contributed by atoms with E-state index in [2.05, 4.69) is 0 Å². The molecule has 0 atom stereocenters. The summed E-state index contributed by atoms with van der Waals surface area (Å²) in [6.45, 7) is -1.24. The van der Waals surface area contributed by atoms with Crippen LogP contribution in [0.1, 0.15) is 35.1 Å². The Hall–Kier alpha value is -3.08. The summed E-state index contributed by atoms with van der Waals surface area (Å²) in [6, 6.07) is 15.3. The maximum absolute atomic E-state index is 11.3. The molecule has 4 rings (SSSR count). The smallest absolute Gasteiger partial charge is 0.131 e. The van der Waals surface area contributed by atoms with Gasteiger partial charge >= 0.3 is 0 Å². The largest absolute Gasteiger partial charge is 0.511 e. The van der Waals surface area contributed by atoms with Crippen LogP contribution < -0.4 is 0 Å². The molecule has 148 valence electrons. The van der Waals surface area contributed by atoms with Gasteiger partial charge in [-0.3, -0.25) is 0 Å². The predicted octanol–water partition coefficient (Wildman–Crippen LogP) is 4.73. The Kier molecular flexibility index (Phi) is 5.14. The van der Waals surface area contributed by atoms with E-state index >= 15 is 0 Å². The Morgan fingerprint density at radius 3 is 1.52 bits per heavy atom. The molecule has 0 heterocycles. The van der Waals surface area contributed by atoms with Gasteiger partial charge in [0.25, 0.3) is 0 Å². The van der Waals surface area contributed by atoms with Crippen molar-refractivity contribution in [3.05, 3.63) is 94.5 Å². The lowest BCUT2D eigenvalue weighted by Crippen LogP contribution is -2.36. The highest BCUT2D eigenvalue weighted by Gasteiger charge is 2.42. The van der Waals surface area contributed by atoms with Gasteiger partial charge in [-0.2, -0.15) is 0 Å². The summed E-state index contributed by atoms with van der Waals surface area (Å²) >= 11 is 0. The van der Waals surface area contributed by atoms with Gasteiger partial charge < -0.3 is 20.4 Å². The monoisotopic (exact) mass is 388 g/mol. The maximum Gasteiger partial charge on any atom is 0.131 e. The second kappa shape index (κ2) is 7.74. The predicted molar refractivity (Wildman–Crippen MR) is 116 cm³/mol. The number of hydrogen-bond acceptors (Lipinski definition) is 4. The fourth-order valence-electron chi connectivity index (χ4n) is 4.15. The van der Waals surface area contributed by atoms with Crippen molar-refractivity contribution in [1.82, 2.24) is 0 Å². The number of aliphatic hydroxyl groups excluding tert-OH is 4. The van der Waals surface area contributed by atoms with Crippen molar-refractivity contribution in [2.45, 2.75) is 12.8 Å². The van der Waals surface area contributed by atoms with Crippen LogP contribution >= 0.6 is 0 Å². The van der Waals surface area contributed by atoms with Crippen molar-refractivity contribution < 1.29 is 20.4 Å². The molecule has 0 spiro atoms. The number of allylic oxidation sites excluding steroid dienone is 4. The Morgan fingerprint density at radius 2 is 1.10 bits per heavy atom. The quantitative estimate of drug-likeness (QED) is 0.571. The van der Waals surface area contributed by atoms with Crippen molar-refractivity contribution in [3.63, 3.8) is 0 Å². The Morgan fingerprint density at radius 1 is 0.690 bits per heavy atom. The van der Waals surface area contributed by atoms with Gasteiger partial charge in [0.15, 0.2) is 0 Å². The second-order valence-electron chi connectivity index (χ2n) is 7.44. The van der Waals surface area contributed by atoms with Crippen molar-refractivity contribution >= 4 is 23.3 Å². The van der Waals surface area contributed by atoms with Crippen LogP contribution in [0.2, 0.25) is 0 Å². The lowest BCUT2D eigenvalue weighted by molar-refractivity contribution is 0.0470. The van der Waals surface area contributed by atoms with Gasteiger partial charge in [0.05, 0.1) is 13.2 Å². The first-order valence-electron chi connectivity index (χ1n) is 9.71. The second-order valence-corrected chi connectivity index (χ2v) is 7.44. The van der Waals surface area contributed by atoms with Gasteiger partial charge in [-0.05, 0) is 35.1 Å². The van der Waals surface area contributed by atoms with E-state index < -0.39 is 18.6 Å². The maximum atomic E-state index is 11.3. The Bertz CT molecular complexity index is 970. The first-order valence-corrected chi connectivity index (χ1v) is 9.71. The third-order valence-electron chi connectivity index (χ3n) is 5.83. The molecular weight excluding hydrogens is 364 g/mol. The van der Waals surface area contributed by atoms with Crippen LogP contribution in [-0.2, 0) is 0 Å². The average Bonchev–Trinajstić information content (AvgIpc) is 2.79. The van der Waals surface area contributed by atoms with E-state index in [1.165, 1.54) is 0 Å². The average molecular weight is 388 g/mol. The topological polar surface area (TPSA) is 80.9 Å². The molecule has 2 aromatic carbocycles. The molecule has 2 aromatic rings. The molecule has 0 fully saturated rings. The summed E-state index contributed by atoms with van der Waals surface area (Å²) < 4.78 is 0. The zero-order valence-corrected chi connectivity index (χ0v) is 16.0. The van der Waals surface area contributed by atoms with E-state index in [-0.39, 0.29) is 11.5 Å². The minimum absolute atomic E-state index is 0.198. The van der Waals surface area contributed by atoms with Crippen molar-refractivity contribution in [3.8, 4) is 0 Å². The Labute approximate surface area is 170 Å². The molecular formula is C25H24O4. The number of hydrogen-bond donors (Lipinski definition) is 4. The standard InChI is InChI=1S/C25H24O4/c26-15-25(16-27,23(28)21-13-5-9-17-7-1-3-11-19(17)21)24(29)22-14-6-10-18-8-2-4-12-20(18)22/h1-12,26-29H,13-16H2. The molecule has 4 nitrogen and oxygen atoms in total. The molecule has 0 saturated heterocycles. The highest BCUT2D eigenvalue weighted by molar-refractivity contribution is 5.83. The highest BCUT2D eigenvalue weighted by Crippen LogP contribution is 2.44. The third kappa shape index (κ3) is 3.11. The minimum Gasteiger partial charge on any atom is -0.511 e. The molecule has 4 heteroatoms. The molecule has 0 aromatic heterocycles. The van der Waals surface area contributed by atoms with Crippen molar-refractivity contribution in [2.24, 2.45) is 5.41 Å². The van der Waals surface area contributed by atoms with Crippen molar-refractivity contribution in [1.29, 1.82) is 0 Å². The summed E-state index contributed by atoms with van der Waals surface area (Å²) in [4.78, 5) is 0. The zero-order valence-electron chi connectivity index (χ0n) is 16.0. The van der Waals surface area contributed by atoms with E-state index in [1.54, 1.807) is 0 Å². The molecule has 0 amide bonds. The normalized spacial score (nSPS) is 18.8. The highest BCUT2D eigenvalue weighted by atomic mass is 16.3. The van der Waals surface area contributed by atoms with Gasteiger partial charge in [0, 0.05) is 11.1 Å². The summed E-state index contributed by atoms with van der Waals surface area (Å²) in [5.74, 6) is -0.396. The van der Waals surface area contributed by atoms with Crippen LogP contribution in [0.5, 0.6) is 0 Å². The van der Waals surface area contributed by atoms with Crippen LogP contribution in [0.25, 0.3) is 23.3 Å². The SMILES string of the molecule is OCC(CO)(C(O)=C1CC=Cc2ccccc21)C(O)=C1CC=Cc2ccccc21. The lowest BCUT2D eigenvalue weighted by Gasteiger charge is -2.33. The van der Waals surface area contributed by atoms with Gasteiger partial charge in [-0.25, -0.2) is 0 Å². The summed E-state index contributed by atoms with van der Waals surface area (Å²) in [5, 5.41) is 43.2. The molecule has 0 aliphatic heterocycles. The fourth-order valence-corrected chi connectivity index (χ4v) is 4.15. The first-order chi connectivity index (χ1) is 14.1. The molecule has 0 saturated carbocycles. The van der Waals surface area contributed by atoms with E-state index in [4.69, 9.17) is 0 Å². The minimum atomic E-state index is -1.68. The van der Waals surface area contributed by atoms with Gasteiger partial charge in [-0.1, -0.05) is 72.8 Å². The summed E-state index contributed by atoms with van der Waals surface area (Å²) in [7, 11) is 0.